The van der Waals surface area contributed by atoms with Crippen LogP contribution in [0.1, 0.15) is 29.6 Å². The number of hydrogen-bond donors (Lipinski definition) is 1. The molecule has 0 bridgehead atoms. The summed E-state index contributed by atoms with van der Waals surface area (Å²) in [6, 6.07) is 9.37. The summed E-state index contributed by atoms with van der Waals surface area (Å²) in [5, 5.41) is 8.60. The maximum Gasteiger partial charge on any atom is 0.303 e. The number of carbonyl (C=O) groups excluding carboxylic acids is 1. The number of piperazine rings is 1. The van der Waals surface area contributed by atoms with E-state index in [1.807, 2.05) is 35.2 Å². The molecule has 1 amide bonds. The Morgan fingerprint density at radius 3 is 2.29 bits per heavy atom. The monoisotopic (exact) mass is 290 g/mol. The van der Waals surface area contributed by atoms with E-state index < -0.39 is 5.97 Å². The van der Waals surface area contributed by atoms with E-state index in [2.05, 4.69) is 4.90 Å². The van der Waals surface area contributed by atoms with Gasteiger partial charge in [0.15, 0.2) is 0 Å². The van der Waals surface area contributed by atoms with Crippen LogP contribution >= 0.6 is 0 Å². The zero-order chi connectivity index (χ0) is 15.1. The van der Waals surface area contributed by atoms with Crippen molar-refractivity contribution >= 4 is 11.9 Å². The molecule has 0 atom stereocenters. The van der Waals surface area contributed by atoms with Crippen LogP contribution in [0.5, 0.6) is 0 Å². The number of carboxylic acids is 1. The lowest BCUT2D eigenvalue weighted by Gasteiger charge is -2.34. The van der Waals surface area contributed by atoms with E-state index in [0.29, 0.717) is 0 Å². The molecule has 0 saturated carbocycles. The minimum absolute atomic E-state index is 0.0983. The smallest absolute Gasteiger partial charge is 0.303 e. The summed E-state index contributed by atoms with van der Waals surface area (Å²) in [5.41, 5.74) is 0.743. The molecular formula is C16H22N2O3. The summed E-state index contributed by atoms with van der Waals surface area (Å²) in [6.07, 6.45) is 1.86. The number of rotatable bonds is 6. The third-order valence-corrected chi connectivity index (χ3v) is 3.80. The highest BCUT2D eigenvalue weighted by molar-refractivity contribution is 5.94. The van der Waals surface area contributed by atoms with Gasteiger partial charge in [-0.3, -0.25) is 14.5 Å². The van der Waals surface area contributed by atoms with Crippen LogP contribution in [0.15, 0.2) is 30.3 Å². The maximum atomic E-state index is 12.3. The summed E-state index contributed by atoms with van der Waals surface area (Å²) in [4.78, 5) is 26.9. The first-order chi connectivity index (χ1) is 10.2. The number of benzene rings is 1. The van der Waals surface area contributed by atoms with Crippen molar-refractivity contribution in [3.63, 3.8) is 0 Å². The van der Waals surface area contributed by atoms with Crippen LogP contribution in [0.3, 0.4) is 0 Å². The Hall–Kier alpha value is -1.88. The summed E-state index contributed by atoms with van der Waals surface area (Å²) in [5.74, 6) is -0.630. The molecule has 0 aromatic heterocycles. The van der Waals surface area contributed by atoms with Gasteiger partial charge in [-0.15, -0.1) is 0 Å². The molecule has 21 heavy (non-hydrogen) atoms. The second-order valence-electron chi connectivity index (χ2n) is 5.35. The summed E-state index contributed by atoms with van der Waals surface area (Å²) < 4.78 is 0. The highest BCUT2D eigenvalue weighted by atomic mass is 16.4. The number of aliphatic carboxylic acids is 1. The second-order valence-corrected chi connectivity index (χ2v) is 5.35. The van der Waals surface area contributed by atoms with Crippen molar-refractivity contribution in [2.45, 2.75) is 19.3 Å². The van der Waals surface area contributed by atoms with Crippen molar-refractivity contribution in [2.75, 3.05) is 32.7 Å². The molecule has 0 aliphatic carbocycles. The van der Waals surface area contributed by atoms with Gasteiger partial charge in [0.1, 0.15) is 0 Å². The number of amides is 1. The van der Waals surface area contributed by atoms with Gasteiger partial charge in [0.05, 0.1) is 0 Å². The molecule has 1 aromatic rings. The van der Waals surface area contributed by atoms with E-state index >= 15 is 0 Å². The molecule has 0 radical (unpaired) electrons. The maximum absolute atomic E-state index is 12.3. The molecule has 0 spiro atoms. The van der Waals surface area contributed by atoms with Crippen LogP contribution < -0.4 is 0 Å². The third kappa shape index (κ3) is 4.86. The first-order valence-corrected chi connectivity index (χ1v) is 7.45. The Balaban J connectivity index is 1.71. The lowest BCUT2D eigenvalue weighted by Crippen LogP contribution is -2.48. The summed E-state index contributed by atoms with van der Waals surface area (Å²) in [6.45, 7) is 4.14. The van der Waals surface area contributed by atoms with Crippen molar-refractivity contribution < 1.29 is 14.7 Å². The Bertz CT molecular complexity index is 468. The normalized spacial score (nSPS) is 15.9. The van der Waals surface area contributed by atoms with Crippen LogP contribution in [0.2, 0.25) is 0 Å². The van der Waals surface area contributed by atoms with Gasteiger partial charge < -0.3 is 10.0 Å². The van der Waals surface area contributed by atoms with Crippen LogP contribution in [0, 0.1) is 0 Å². The number of carboxylic acid groups (broad SMARTS) is 1. The Labute approximate surface area is 125 Å². The van der Waals surface area contributed by atoms with Crippen LogP contribution in [0.4, 0.5) is 0 Å². The molecule has 1 aliphatic rings. The topological polar surface area (TPSA) is 60.9 Å². The average molecular weight is 290 g/mol. The van der Waals surface area contributed by atoms with Crippen molar-refractivity contribution in [3.8, 4) is 0 Å². The lowest BCUT2D eigenvalue weighted by atomic mass is 10.1. The van der Waals surface area contributed by atoms with Crippen molar-refractivity contribution in [2.24, 2.45) is 0 Å². The quantitative estimate of drug-likeness (QED) is 0.810. The minimum atomic E-state index is -0.728. The van der Waals surface area contributed by atoms with Gasteiger partial charge in [-0.25, -0.2) is 0 Å². The van der Waals surface area contributed by atoms with Gasteiger partial charge >= 0.3 is 5.97 Å². The molecule has 5 nitrogen and oxygen atoms in total. The molecule has 1 aliphatic heterocycles. The van der Waals surface area contributed by atoms with Gasteiger partial charge in [-0.2, -0.15) is 0 Å². The molecule has 1 saturated heterocycles. The zero-order valence-electron chi connectivity index (χ0n) is 12.2. The highest BCUT2D eigenvalue weighted by Crippen LogP contribution is 2.09. The zero-order valence-corrected chi connectivity index (χ0v) is 12.2. The number of nitrogens with zero attached hydrogens (tertiary/aromatic N) is 2. The molecule has 2 rings (SSSR count). The van der Waals surface area contributed by atoms with Crippen LogP contribution in [0.25, 0.3) is 0 Å². The van der Waals surface area contributed by atoms with Gasteiger partial charge in [0.2, 0.25) is 0 Å². The number of unbranched alkanes of at least 4 members (excludes halogenated alkanes) is 1. The van der Waals surface area contributed by atoms with Crippen molar-refractivity contribution in [3.05, 3.63) is 35.9 Å². The summed E-state index contributed by atoms with van der Waals surface area (Å²) in [7, 11) is 0. The van der Waals surface area contributed by atoms with Gasteiger partial charge in [-0.05, 0) is 31.5 Å². The van der Waals surface area contributed by atoms with Gasteiger partial charge in [0.25, 0.3) is 5.91 Å². The van der Waals surface area contributed by atoms with Crippen molar-refractivity contribution in [1.82, 2.24) is 9.80 Å². The molecule has 0 unspecified atom stereocenters. The molecular weight excluding hydrogens is 268 g/mol. The average Bonchev–Trinajstić information content (AvgIpc) is 2.52. The Morgan fingerprint density at radius 1 is 1.00 bits per heavy atom. The Kier molecular flexibility index (Phi) is 5.75. The van der Waals surface area contributed by atoms with E-state index in [1.165, 1.54) is 0 Å². The lowest BCUT2D eigenvalue weighted by molar-refractivity contribution is -0.137. The molecule has 1 fully saturated rings. The highest BCUT2D eigenvalue weighted by Gasteiger charge is 2.21. The number of hydrogen-bond acceptors (Lipinski definition) is 3. The van der Waals surface area contributed by atoms with E-state index in [0.717, 1.165) is 51.1 Å². The van der Waals surface area contributed by atoms with Crippen LogP contribution in [-0.2, 0) is 4.79 Å². The SMILES string of the molecule is O=C(O)CCCCN1CCN(C(=O)c2ccccc2)CC1. The molecule has 1 aromatic carbocycles. The molecule has 5 heteroatoms. The second kappa shape index (κ2) is 7.78. The molecule has 114 valence electrons. The first-order valence-electron chi connectivity index (χ1n) is 7.45. The molecule has 1 heterocycles. The molecule has 1 N–H and O–H groups in total. The third-order valence-electron chi connectivity index (χ3n) is 3.80. The van der Waals surface area contributed by atoms with Crippen LogP contribution in [-0.4, -0.2) is 59.5 Å². The fourth-order valence-corrected chi connectivity index (χ4v) is 2.55. The fraction of sp³-hybridized carbons (Fsp3) is 0.500. The first kappa shape index (κ1) is 15.5. The van der Waals surface area contributed by atoms with Gasteiger partial charge in [-0.1, -0.05) is 18.2 Å². The Morgan fingerprint density at radius 2 is 1.67 bits per heavy atom. The largest absolute Gasteiger partial charge is 0.481 e. The predicted octanol–water partition coefficient (Wildman–Crippen LogP) is 1.70. The fourth-order valence-electron chi connectivity index (χ4n) is 2.55. The summed E-state index contributed by atoms with van der Waals surface area (Å²) >= 11 is 0. The van der Waals surface area contributed by atoms with Crippen molar-refractivity contribution in [1.29, 1.82) is 0 Å². The van der Waals surface area contributed by atoms with E-state index in [9.17, 15) is 9.59 Å². The van der Waals surface area contributed by atoms with E-state index in [4.69, 9.17) is 5.11 Å². The van der Waals surface area contributed by atoms with E-state index in [1.54, 1.807) is 0 Å². The standard InChI is InChI=1S/C16H22N2O3/c19-15(20)8-4-5-9-17-10-12-18(13-11-17)16(21)14-6-2-1-3-7-14/h1-3,6-7H,4-5,8-13H2,(H,19,20). The van der Waals surface area contributed by atoms with Gasteiger partial charge in [0, 0.05) is 38.2 Å². The van der Waals surface area contributed by atoms with E-state index in [-0.39, 0.29) is 12.3 Å². The number of carbonyl (C=O) groups is 2. The minimum Gasteiger partial charge on any atom is -0.481 e. The predicted molar refractivity (Wildman–Crippen MR) is 80.3 cm³/mol.